The molecule has 30 heavy (non-hydrogen) atoms. The third-order valence-corrected chi connectivity index (χ3v) is 7.00. The number of aromatic amines is 1. The van der Waals surface area contributed by atoms with Gasteiger partial charge >= 0.3 is 0 Å². The van der Waals surface area contributed by atoms with Gasteiger partial charge in [-0.3, -0.25) is 9.36 Å². The number of hydrogen-bond donors (Lipinski definition) is 1. The zero-order chi connectivity index (χ0) is 20.5. The number of H-pyrrole nitrogens is 1. The summed E-state index contributed by atoms with van der Waals surface area (Å²) in [6, 6.07) is 10.4. The molecular formula is C24H25N5O. The van der Waals surface area contributed by atoms with E-state index in [4.69, 9.17) is 0 Å². The van der Waals surface area contributed by atoms with E-state index < -0.39 is 0 Å². The number of hydrogen-bond acceptors (Lipinski definition) is 3. The summed E-state index contributed by atoms with van der Waals surface area (Å²) < 4.78 is 3.78. The molecule has 2 fully saturated rings. The van der Waals surface area contributed by atoms with Gasteiger partial charge in [0.1, 0.15) is 17.7 Å². The number of aromatic nitrogens is 5. The Labute approximate surface area is 174 Å². The van der Waals surface area contributed by atoms with Gasteiger partial charge in [-0.25, -0.2) is 0 Å². The number of pyridine rings is 1. The Morgan fingerprint density at radius 1 is 1.20 bits per heavy atom. The van der Waals surface area contributed by atoms with Crippen molar-refractivity contribution in [3.8, 4) is 5.69 Å². The van der Waals surface area contributed by atoms with Crippen LogP contribution in [-0.4, -0.2) is 24.3 Å². The van der Waals surface area contributed by atoms with Gasteiger partial charge in [0.05, 0.1) is 5.41 Å². The van der Waals surface area contributed by atoms with Crippen LogP contribution in [0.5, 0.6) is 0 Å². The molecular weight excluding hydrogens is 374 g/mol. The van der Waals surface area contributed by atoms with Crippen molar-refractivity contribution < 1.29 is 0 Å². The number of benzene rings is 1. The van der Waals surface area contributed by atoms with E-state index in [0.29, 0.717) is 17.4 Å². The Kier molecular flexibility index (Phi) is 3.64. The van der Waals surface area contributed by atoms with Crippen molar-refractivity contribution in [3.05, 3.63) is 76.4 Å². The quantitative estimate of drug-likeness (QED) is 0.563. The van der Waals surface area contributed by atoms with Crippen molar-refractivity contribution in [2.24, 2.45) is 13.0 Å². The number of aryl methyl sites for hydroxylation is 1. The number of nitrogens with zero attached hydrogens (tertiary/aromatic N) is 4. The third kappa shape index (κ3) is 2.46. The average Bonchev–Trinajstić information content (AvgIpc) is 3.33. The lowest BCUT2D eigenvalue weighted by Crippen LogP contribution is -2.43. The maximum absolute atomic E-state index is 13.3. The maximum Gasteiger partial charge on any atom is 0.279 e. The minimum absolute atomic E-state index is 0.00577. The lowest BCUT2D eigenvalue weighted by molar-refractivity contribution is 0.185. The van der Waals surface area contributed by atoms with Crippen LogP contribution >= 0.6 is 0 Å². The van der Waals surface area contributed by atoms with Crippen molar-refractivity contribution in [3.63, 3.8) is 0 Å². The van der Waals surface area contributed by atoms with Crippen molar-refractivity contribution in [1.82, 2.24) is 24.3 Å². The lowest BCUT2D eigenvalue weighted by Gasteiger charge is -2.46. The van der Waals surface area contributed by atoms with E-state index >= 15 is 0 Å². The molecule has 0 amide bonds. The van der Waals surface area contributed by atoms with Gasteiger partial charge in [-0.1, -0.05) is 19.1 Å². The predicted octanol–water partition coefficient (Wildman–Crippen LogP) is 4.04. The first-order chi connectivity index (χ1) is 14.6. The molecule has 6 rings (SSSR count). The second-order valence-corrected chi connectivity index (χ2v) is 9.21. The largest absolute Gasteiger partial charge is 0.356 e. The van der Waals surface area contributed by atoms with Gasteiger partial charge < -0.3 is 9.55 Å². The topological polar surface area (TPSA) is 68.5 Å². The molecule has 2 saturated carbocycles. The van der Waals surface area contributed by atoms with Crippen LogP contribution in [0, 0.1) is 5.92 Å². The molecule has 3 aromatic heterocycles. The van der Waals surface area contributed by atoms with Crippen LogP contribution in [-0.2, 0) is 12.5 Å². The van der Waals surface area contributed by atoms with E-state index in [0.717, 1.165) is 29.7 Å². The van der Waals surface area contributed by atoms with Gasteiger partial charge in [0.2, 0.25) is 0 Å². The summed E-state index contributed by atoms with van der Waals surface area (Å²) in [5, 5.41) is 9.64. The first-order valence-corrected chi connectivity index (χ1v) is 10.7. The van der Waals surface area contributed by atoms with Gasteiger partial charge in [0.25, 0.3) is 5.56 Å². The number of rotatable bonds is 4. The molecule has 1 N–H and O–H groups in total. The minimum atomic E-state index is -0.139. The summed E-state index contributed by atoms with van der Waals surface area (Å²) in [6.07, 6.45) is 10.2. The molecule has 2 aliphatic carbocycles. The highest BCUT2D eigenvalue weighted by Gasteiger charge is 2.48. The van der Waals surface area contributed by atoms with E-state index in [1.54, 1.807) is 10.9 Å². The summed E-state index contributed by atoms with van der Waals surface area (Å²) in [5.41, 5.74) is 3.94. The van der Waals surface area contributed by atoms with Crippen LogP contribution in [0.2, 0.25) is 0 Å². The molecule has 6 nitrogen and oxygen atoms in total. The molecule has 0 atom stereocenters. The summed E-state index contributed by atoms with van der Waals surface area (Å²) in [4.78, 5) is 16.5. The maximum atomic E-state index is 13.3. The second-order valence-electron chi connectivity index (χ2n) is 9.21. The SMILES string of the molecule is CC1CC(c2cccc(-n3ccc4c(C5CC5)c[nH]c4c3=O)c2)(c2nncn2C)C1. The van der Waals surface area contributed by atoms with E-state index in [1.165, 1.54) is 24.0 Å². The van der Waals surface area contributed by atoms with Crippen LogP contribution in [0.1, 0.15) is 55.5 Å². The summed E-state index contributed by atoms with van der Waals surface area (Å²) in [5.74, 6) is 2.26. The minimum Gasteiger partial charge on any atom is -0.356 e. The molecule has 0 spiro atoms. The van der Waals surface area contributed by atoms with Gasteiger partial charge in [0.15, 0.2) is 0 Å². The molecule has 6 heteroatoms. The van der Waals surface area contributed by atoms with Crippen LogP contribution in [0.25, 0.3) is 16.6 Å². The summed E-state index contributed by atoms with van der Waals surface area (Å²) in [7, 11) is 2.00. The standard InChI is InChI=1S/C24H25N5O/c1-15-11-24(12-15,23-27-26-14-28(23)2)17-4-3-5-18(10-17)29-9-8-19-20(16-6-7-16)13-25-21(19)22(29)30/h3-5,8-10,13-16,25H,6-7,11-12H2,1-2H3. The monoisotopic (exact) mass is 399 g/mol. The second kappa shape index (κ2) is 6.17. The zero-order valence-electron chi connectivity index (χ0n) is 17.3. The van der Waals surface area contributed by atoms with E-state index in [-0.39, 0.29) is 11.0 Å². The normalized spacial score (nSPS) is 23.6. The van der Waals surface area contributed by atoms with Crippen LogP contribution in [0.4, 0.5) is 0 Å². The predicted molar refractivity (Wildman–Crippen MR) is 116 cm³/mol. The smallest absolute Gasteiger partial charge is 0.279 e. The fourth-order valence-corrected chi connectivity index (χ4v) is 5.43. The molecule has 0 radical (unpaired) electrons. The highest BCUT2D eigenvalue weighted by atomic mass is 16.1. The Hall–Kier alpha value is -3.15. The Balaban J connectivity index is 1.47. The van der Waals surface area contributed by atoms with Crippen LogP contribution < -0.4 is 5.56 Å². The van der Waals surface area contributed by atoms with E-state index in [2.05, 4.69) is 40.3 Å². The van der Waals surface area contributed by atoms with Gasteiger partial charge in [-0.05, 0) is 66.8 Å². The first kappa shape index (κ1) is 17.7. The molecule has 3 heterocycles. The Bertz CT molecular complexity index is 1320. The molecule has 152 valence electrons. The number of nitrogens with one attached hydrogen (secondary N) is 1. The van der Waals surface area contributed by atoms with Crippen molar-refractivity contribution in [1.29, 1.82) is 0 Å². The van der Waals surface area contributed by atoms with Crippen molar-refractivity contribution >= 4 is 10.9 Å². The molecule has 0 aliphatic heterocycles. The summed E-state index contributed by atoms with van der Waals surface area (Å²) >= 11 is 0. The molecule has 0 saturated heterocycles. The van der Waals surface area contributed by atoms with E-state index in [1.807, 2.05) is 36.1 Å². The molecule has 1 aromatic carbocycles. The van der Waals surface area contributed by atoms with Crippen molar-refractivity contribution in [2.75, 3.05) is 0 Å². The molecule has 0 bridgehead atoms. The molecule has 2 aliphatic rings. The highest BCUT2D eigenvalue weighted by Crippen LogP contribution is 2.51. The van der Waals surface area contributed by atoms with Gasteiger partial charge in [0, 0.05) is 30.5 Å². The third-order valence-electron chi connectivity index (χ3n) is 7.00. The number of fused-ring (bicyclic) bond motifs is 1. The lowest BCUT2D eigenvalue weighted by atomic mass is 9.58. The molecule has 4 aromatic rings. The van der Waals surface area contributed by atoms with Crippen molar-refractivity contribution in [2.45, 2.75) is 43.9 Å². The van der Waals surface area contributed by atoms with Gasteiger partial charge in [-0.2, -0.15) is 0 Å². The highest BCUT2D eigenvalue weighted by molar-refractivity contribution is 5.83. The van der Waals surface area contributed by atoms with Crippen LogP contribution in [0.3, 0.4) is 0 Å². The Morgan fingerprint density at radius 2 is 2.03 bits per heavy atom. The fourth-order valence-electron chi connectivity index (χ4n) is 5.43. The zero-order valence-corrected chi connectivity index (χ0v) is 17.3. The van der Waals surface area contributed by atoms with E-state index in [9.17, 15) is 4.79 Å². The average molecular weight is 399 g/mol. The van der Waals surface area contributed by atoms with Gasteiger partial charge in [-0.15, -0.1) is 10.2 Å². The fraction of sp³-hybridized carbons (Fsp3) is 0.375. The first-order valence-electron chi connectivity index (χ1n) is 10.7. The van der Waals surface area contributed by atoms with Crippen LogP contribution in [0.15, 0.2) is 53.8 Å². The Morgan fingerprint density at radius 3 is 2.73 bits per heavy atom. The summed E-state index contributed by atoms with van der Waals surface area (Å²) in [6.45, 7) is 2.28. The molecule has 0 unspecified atom stereocenters.